The number of nitrogens with zero attached hydrogens (tertiary/aromatic N) is 2. The molecule has 1 atom stereocenters. The second-order valence-electron chi connectivity index (χ2n) is 8.52. The van der Waals surface area contributed by atoms with Crippen LogP contribution in [-0.4, -0.2) is 49.7 Å². The molecule has 2 aromatic carbocycles. The molecule has 37 heavy (non-hydrogen) atoms. The number of carbonyl (C=O) groups is 2. The van der Waals surface area contributed by atoms with Crippen molar-refractivity contribution in [3.63, 3.8) is 0 Å². The second kappa shape index (κ2) is 11.8. The molecule has 13 heteroatoms. The summed E-state index contributed by atoms with van der Waals surface area (Å²) < 4.78 is 33.4. The number of sulfonamides is 1. The van der Waals surface area contributed by atoms with Crippen molar-refractivity contribution < 1.29 is 27.5 Å². The predicted molar refractivity (Wildman–Crippen MR) is 140 cm³/mol. The maximum atomic E-state index is 12.6. The van der Waals surface area contributed by atoms with Gasteiger partial charge in [-0.25, -0.2) is 13.6 Å². The minimum atomic E-state index is -3.75. The van der Waals surface area contributed by atoms with Crippen LogP contribution in [0.5, 0.6) is 11.5 Å². The summed E-state index contributed by atoms with van der Waals surface area (Å²) in [6.45, 7) is 2.41. The van der Waals surface area contributed by atoms with E-state index in [1.54, 1.807) is 12.1 Å². The topological polar surface area (TPSA) is 162 Å². The quantitative estimate of drug-likeness (QED) is 0.319. The fraction of sp³-hybridized carbons (Fsp3) is 0.333. The molecule has 4 N–H and O–H groups in total. The average molecular weight is 546 g/mol. The van der Waals surface area contributed by atoms with Crippen LogP contribution in [0.15, 0.2) is 57.6 Å². The van der Waals surface area contributed by atoms with Gasteiger partial charge < -0.3 is 20.1 Å². The van der Waals surface area contributed by atoms with Gasteiger partial charge in [0, 0.05) is 18.7 Å². The number of nitrogens with one attached hydrogen (secondary N) is 2. The number of thioether (sulfide) groups is 1. The summed E-state index contributed by atoms with van der Waals surface area (Å²) in [5.74, 6) is 0.891. The summed E-state index contributed by atoms with van der Waals surface area (Å²) in [5.41, 5.74) is 2.71. The lowest BCUT2D eigenvalue weighted by atomic mass is 10.1. The van der Waals surface area contributed by atoms with Crippen molar-refractivity contribution >= 4 is 44.5 Å². The SMILES string of the molecule is C/C(CCc1ccc2c(c1)OCO2)=N/N=C1/NC(=O)C[C@H](C(=O)NCCc2ccc(S(N)(=O)=O)cc2)S1. The van der Waals surface area contributed by atoms with Gasteiger partial charge in [-0.1, -0.05) is 30.0 Å². The Morgan fingerprint density at radius 3 is 2.62 bits per heavy atom. The first-order chi connectivity index (χ1) is 17.7. The van der Waals surface area contributed by atoms with Crippen LogP contribution in [0.25, 0.3) is 0 Å². The minimum Gasteiger partial charge on any atom is -0.454 e. The Morgan fingerprint density at radius 1 is 1.14 bits per heavy atom. The standard InChI is InChI=1S/C24H27N5O6S2/c1-15(2-3-17-6-9-19-20(12-17)35-14-34-19)28-29-24-27-22(30)13-21(36-24)23(31)26-11-10-16-4-7-18(8-5-16)37(25,32)33/h4-9,12,21H,2-3,10-11,13-14H2,1H3,(H,26,31)(H2,25,32,33)(H,27,29,30)/b28-15-/t21-/m1/s1. The van der Waals surface area contributed by atoms with Gasteiger partial charge in [0.25, 0.3) is 0 Å². The van der Waals surface area contributed by atoms with E-state index in [9.17, 15) is 18.0 Å². The van der Waals surface area contributed by atoms with Gasteiger partial charge in [-0.05, 0) is 61.6 Å². The van der Waals surface area contributed by atoms with E-state index >= 15 is 0 Å². The van der Waals surface area contributed by atoms with Crippen LogP contribution in [0.2, 0.25) is 0 Å². The van der Waals surface area contributed by atoms with Gasteiger partial charge in [0.15, 0.2) is 16.7 Å². The molecule has 1 saturated heterocycles. The van der Waals surface area contributed by atoms with Gasteiger partial charge in [-0.3, -0.25) is 9.59 Å². The molecular weight excluding hydrogens is 518 g/mol. The number of fused-ring (bicyclic) bond motifs is 1. The van der Waals surface area contributed by atoms with Crippen molar-refractivity contribution in [2.45, 2.75) is 42.8 Å². The summed E-state index contributed by atoms with van der Waals surface area (Å²) in [7, 11) is -3.75. The molecule has 4 rings (SSSR count). The monoisotopic (exact) mass is 545 g/mol. The molecule has 0 aliphatic carbocycles. The summed E-state index contributed by atoms with van der Waals surface area (Å²) >= 11 is 1.15. The van der Waals surface area contributed by atoms with Gasteiger partial charge in [0.2, 0.25) is 28.6 Å². The van der Waals surface area contributed by atoms with Crippen molar-refractivity contribution in [2.24, 2.45) is 15.3 Å². The molecule has 1 fully saturated rings. The van der Waals surface area contributed by atoms with Crippen LogP contribution < -0.4 is 25.2 Å². The van der Waals surface area contributed by atoms with Crippen molar-refractivity contribution in [2.75, 3.05) is 13.3 Å². The molecule has 0 bridgehead atoms. The van der Waals surface area contributed by atoms with Gasteiger partial charge in [0.05, 0.1) is 10.1 Å². The third kappa shape index (κ3) is 7.54. The Balaban J connectivity index is 1.26. The Hall–Kier alpha value is -3.42. The molecule has 2 aliphatic rings. The highest BCUT2D eigenvalue weighted by molar-refractivity contribution is 8.15. The Morgan fingerprint density at radius 2 is 1.86 bits per heavy atom. The fourth-order valence-electron chi connectivity index (χ4n) is 3.63. The molecule has 11 nitrogen and oxygen atoms in total. The molecule has 0 unspecified atom stereocenters. The predicted octanol–water partition coefficient (Wildman–Crippen LogP) is 1.71. The first kappa shape index (κ1) is 26.6. The highest BCUT2D eigenvalue weighted by atomic mass is 32.2. The molecule has 2 aliphatic heterocycles. The summed E-state index contributed by atoms with van der Waals surface area (Å²) in [6.07, 6.45) is 1.93. The number of rotatable bonds is 9. The Bertz CT molecular complexity index is 1340. The summed E-state index contributed by atoms with van der Waals surface area (Å²) in [6, 6.07) is 11.9. The van der Waals surface area contributed by atoms with Crippen LogP contribution in [0.4, 0.5) is 0 Å². The number of hydrogen-bond acceptors (Lipinski definition) is 9. The van der Waals surface area contributed by atoms with E-state index in [0.717, 1.165) is 46.5 Å². The van der Waals surface area contributed by atoms with E-state index in [1.165, 1.54) is 12.1 Å². The van der Waals surface area contributed by atoms with E-state index in [1.807, 2.05) is 25.1 Å². The van der Waals surface area contributed by atoms with Crippen LogP contribution in [0.1, 0.15) is 30.9 Å². The first-order valence-corrected chi connectivity index (χ1v) is 14.0. The van der Waals surface area contributed by atoms with Crippen LogP contribution in [0, 0.1) is 0 Å². The lowest BCUT2D eigenvalue weighted by Crippen LogP contribution is -2.44. The number of benzene rings is 2. The second-order valence-corrected chi connectivity index (χ2v) is 11.3. The minimum absolute atomic E-state index is 0.0301. The average Bonchev–Trinajstić information content (AvgIpc) is 3.33. The Kier molecular flexibility index (Phi) is 8.46. The summed E-state index contributed by atoms with van der Waals surface area (Å²) in [5, 5.41) is 18.6. The zero-order valence-electron chi connectivity index (χ0n) is 20.1. The highest BCUT2D eigenvalue weighted by Crippen LogP contribution is 2.32. The van der Waals surface area contributed by atoms with Gasteiger partial charge in [-0.15, -0.1) is 5.10 Å². The number of carbonyl (C=O) groups excluding carboxylic acids is 2. The number of amidine groups is 1. The first-order valence-electron chi connectivity index (χ1n) is 11.5. The molecular formula is C24H27N5O6S2. The van der Waals surface area contributed by atoms with E-state index < -0.39 is 15.3 Å². The van der Waals surface area contributed by atoms with E-state index in [0.29, 0.717) is 19.4 Å². The van der Waals surface area contributed by atoms with E-state index in [-0.39, 0.29) is 35.1 Å². The molecule has 0 saturated carbocycles. The number of hydrogen-bond donors (Lipinski definition) is 3. The normalized spacial score (nSPS) is 18.5. The van der Waals surface area contributed by atoms with Crippen LogP contribution >= 0.6 is 11.8 Å². The third-order valence-electron chi connectivity index (χ3n) is 5.65. The molecule has 2 amide bonds. The molecule has 196 valence electrons. The lowest BCUT2D eigenvalue weighted by molar-refractivity contribution is -0.125. The zero-order valence-corrected chi connectivity index (χ0v) is 21.7. The number of ether oxygens (including phenoxy) is 2. The fourth-order valence-corrected chi connectivity index (χ4v) is 5.10. The van der Waals surface area contributed by atoms with Crippen molar-refractivity contribution in [1.29, 1.82) is 0 Å². The number of aryl methyl sites for hydroxylation is 1. The van der Waals surface area contributed by atoms with Gasteiger partial charge in [0.1, 0.15) is 0 Å². The molecule has 0 aromatic heterocycles. The Labute approximate surface area is 218 Å². The molecule has 2 aromatic rings. The lowest BCUT2D eigenvalue weighted by Gasteiger charge is -2.21. The van der Waals surface area contributed by atoms with Crippen LogP contribution in [0.3, 0.4) is 0 Å². The van der Waals surface area contributed by atoms with E-state index in [2.05, 4.69) is 20.8 Å². The zero-order chi connectivity index (χ0) is 26.4. The van der Waals surface area contributed by atoms with Crippen LogP contribution in [-0.2, 0) is 32.5 Å². The molecule has 2 heterocycles. The smallest absolute Gasteiger partial charge is 0.238 e. The summed E-state index contributed by atoms with van der Waals surface area (Å²) in [4.78, 5) is 24.8. The number of nitrogens with two attached hydrogens (primary N) is 1. The highest BCUT2D eigenvalue weighted by Gasteiger charge is 2.30. The van der Waals surface area contributed by atoms with Gasteiger partial charge in [-0.2, -0.15) is 5.10 Å². The molecule has 0 radical (unpaired) electrons. The largest absolute Gasteiger partial charge is 0.454 e. The number of amides is 2. The van der Waals surface area contributed by atoms with Crippen molar-refractivity contribution in [3.05, 3.63) is 53.6 Å². The maximum Gasteiger partial charge on any atom is 0.238 e. The number of primary sulfonamides is 1. The van der Waals surface area contributed by atoms with Crippen molar-refractivity contribution in [3.8, 4) is 11.5 Å². The van der Waals surface area contributed by atoms with Gasteiger partial charge >= 0.3 is 0 Å². The third-order valence-corrected chi connectivity index (χ3v) is 7.65. The maximum absolute atomic E-state index is 12.6. The van der Waals surface area contributed by atoms with E-state index in [4.69, 9.17) is 14.6 Å². The van der Waals surface area contributed by atoms with Crippen molar-refractivity contribution in [1.82, 2.24) is 10.6 Å². The molecule has 0 spiro atoms.